The summed E-state index contributed by atoms with van der Waals surface area (Å²) < 4.78 is 13.2. The van der Waals surface area contributed by atoms with E-state index < -0.39 is 0 Å². The van der Waals surface area contributed by atoms with Crippen LogP contribution in [0.4, 0.5) is 5.82 Å². The van der Waals surface area contributed by atoms with Gasteiger partial charge in [0.2, 0.25) is 0 Å². The van der Waals surface area contributed by atoms with E-state index in [-0.39, 0.29) is 5.41 Å². The number of rotatable bonds is 3. The average Bonchev–Trinajstić information content (AvgIpc) is 3.14. The summed E-state index contributed by atoms with van der Waals surface area (Å²) in [6, 6.07) is 1.96. The molecule has 0 bridgehead atoms. The zero-order valence-electron chi connectivity index (χ0n) is 13.4. The minimum absolute atomic E-state index is 0.109. The van der Waals surface area contributed by atoms with E-state index in [4.69, 9.17) is 9.47 Å². The third-order valence-electron chi connectivity index (χ3n) is 5.24. The van der Waals surface area contributed by atoms with Gasteiger partial charge in [-0.3, -0.25) is 0 Å². The molecule has 6 nitrogen and oxygen atoms in total. The maximum atomic E-state index is 5.74. The molecule has 0 spiro atoms. The van der Waals surface area contributed by atoms with Crippen molar-refractivity contribution in [1.29, 1.82) is 0 Å². The molecule has 4 rings (SSSR count). The van der Waals surface area contributed by atoms with E-state index in [0.29, 0.717) is 5.92 Å². The van der Waals surface area contributed by atoms with E-state index in [9.17, 15) is 0 Å². The molecule has 2 saturated heterocycles. The highest BCUT2D eigenvalue weighted by Gasteiger charge is 2.51. The molecule has 0 radical (unpaired) electrons. The number of nitrogens with zero attached hydrogens (tertiary/aromatic N) is 4. The minimum Gasteiger partial charge on any atom is -0.384 e. The molecule has 2 fully saturated rings. The van der Waals surface area contributed by atoms with Gasteiger partial charge in [0, 0.05) is 48.9 Å². The summed E-state index contributed by atoms with van der Waals surface area (Å²) in [7, 11) is 1.78. The Labute approximate surface area is 130 Å². The lowest BCUT2D eigenvalue weighted by atomic mass is 9.82. The molecular formula is C16H22N4O2. The Morgan fingerprint density at radius 1 is 1.45 bits per heavy atom. The molecule has 6 heteroatoms. The number of hydrogen-bond acceptors (Lipinski definition) is 5. The van der Waals surface area contributed by atoms with E-state index in [1.165, 1.54) is 5.56 Å². The van der Waals surface area contributed by atoms with Gasteiger partial charge < -0.3 is 14.4 Å². The Balaban J connectivity index is 1.78. The van der Waals surface area contributed by atoms with Gasteiger partial charge in [-0.05, 0) is 13.8 Å². The van der Waals surface area contributed by atoms with Crippen LogP contribution in [0.3, 0.4) is 0 Å². The lowest BCUT2D eigenvalue weighted by Crippen LogP contribution is -2.35. The highest BCUT2D eigenvalue weighted by molar-refractivity contribution is 5.57. The highest BCUT2D eigenvalue weighted by atomic mass is 16.5. The van der Waals surface area contributed by atoms with Gasteiger partial charge in [-0.2, -0.15) is 9.61 Å². The Morgan fingerprint density at radius 2 is 2.32 bits per heavy atom. The molecule has 22 heavy (non-hydrogen) atoms. The monoisotopic (exact) mass is 302 g/mol. The molecule has 0 unspecified atom stereocenters. The number of aryl methyl sites for hydroxylation is 1. The van der Waals surface area contributed by atoms with E-state index >= 15 is 0 Å². The first-order valence-electron chi connectivity index (χ1n) is 7.77. The lowest BCUT2D eigenvalue weighted by molar-refractivity contribution is 0.0660. The number of ether oxygens (including phenoxy) is 2. The molecule has 118 valence electrons. The summed E-state index contributed by atoms with van der Waals surface area (Å²) in [6.07, 6.45) is 1.82. The second-order valence-electron chi connectivity index (χ2n) is 6.63. The standard InChI is InChI=1S/C16H22N4O2/c1-11-12(2)18-14-4-5-17-20(14)15(11)19-6-13-7-22-10-16(13,8-19)9-21-3/h4-5,13H,6-10H2,1-3H3/t13-,16-/m0/s1. The first-order valence-corrected chi connectivity index (χ1v) is 7.77. The van der Waals surface area contributed by atoms with Gasteiger partial charge in [0.05, 0.1) is 26.0 Å². The highest BCUT2D eigenvalue weighted by Crippen LogP contribution is 2.43. The second kappa shape index (κ2) is 4.93. The third-order valence-corrected chi connectivity index (χ3v) is 5.24. The molecule has 0 amide bonds. The van der Waals surface area contributed by atoms with Crippen LogP contribution >= 0.6 is 0 Å². The Hall–Kier alpha value is -1.66. The molecule has 0 N–H and O–H groups in total. The summed E-state index contributed by atoms with van der Waals surface area (Å²) in [6.45, 7) is 8.49. The van der Waals surface area contributed by atoms with Crippen LogP contribution in [0.25, 0.3) is 5.65 Å². The fraction of sp³-hybridized carbons (Fsp3) is 0.625. The number of anilines is 1. The van der Waals surface area contributed by atoms with Gasteiger partial charge in [-0.1, -0.05) is 0 Å². The zero-order valence-corrected chi connectivity index (χ0v) is 13.4. The minimum atomic E-state index is 0.109. The van der Waals surface area contributed by atoms with E-state index in [0.717, 1.165) is 50.1 Å². The SMILES string of the molecule is COC[C@@]12COC[C@@H]1CN(c1c(C)c(C)nc3ccnn13)C2. The van der Waals surface area contributed by atoms with Crippen molar-refractivity contribution in [1.82, 2.24) is 14.6 Å². The Morgan fingerprint density at radius 3 is 3.14 bits per heavy atom. The molecule has 4 heterocycles. The van der Waals surface area contributed by atoms with Crippen molar-refractivity contribution in [3.63, 3.8) is 0 Å². The van der Waals surface area contributed by atoms with Crippen molar-refractivity contribution in [3.8, 4) is 0 Å². The molecule has 0 saturated carbocycles. The molecule has 2 aliphatic rings. The van der Waals surface area contributed by atoms with Gasteiger partial charge in [-0.25, -0.2) is 4.98 Å². The van der Waals surface area contributed by atoms with E-state index in [2.05, 4.69) is 28.8 Å². The third kappa shape index (κ3) is 1.87. The predicted molar refractivity (Wildman–Crippen MR) is 83.3 cm³/mol. The quantitative estimate of drug-likeness (QED) is 0.859. The van der Waals surface area contributed by atoms with Crippen LogP contribution < -0.4 is 4.90 Å². The fourth-order valence-electron chi connectivity index (χ4n) is 3.98. The van der Waals surface area contributed by atoms with Gasteiger partial charge in [0.25, 0.3) is 0 Å². The molecular weight excluding hydrogens is 280 g/mol. The van der Waals surface area contributed by atoms with Crippen LogP contribution in [0.1, 0.15) is 11.3 Å². The van der Waals surface area contributed by atoms with Crippen LogP contribution in [0.2, 0.25) is 0 Å². The maximum absolute atomic E-state index is 5.74. The maximum Gasteiger partial charge on any atom is 0.157 e. The molecule has 2 aliphatic heterocycles. The first-order chi connectivity index (χ1) is 10.6. The number of aromatic nitrogens is 3. The van der Waals surface area contributed by atoms with Crippen molar-refractivity contribution in [3.05, 3.63) is 23.5 Å². The van der Waals surface area contributed by atoms with Crippen molar-refractivity contribution >= 4 is 11.5 Å². The normalized spacial score (nSPS) is 27.8. The second-order valence-corrected chi connectivity index (χ2v) is 6.63. The van der Waals surface area contributed by atoms with Gasteiger partial charge in [-0.15, -0.1) is 0 Å². The molecule has 2 aromatic rings. The number of methoxy groups -OCH3 is 1. The number of hydrogen-bond donors (Lipinski definition) is 0. The van der Waals surface area contributed by atoms with E-state index in [1.54, 1.807) is 7.11 Å². The smallest absolute Gasteiger partial charge is 0.157 e. The summed E-state index contributed by atoms with van der Waals surface area (Å²) in [5.41, 5.74) is 3.28. The first kappa shape index (κ1) is 14.0. The average molecular weight is 302 g/mol. The molecule has 0 aliphatic carbocycles. The van der Waals surface area contributed by atoms with Gasteiger partial charge in [0.1, 0.15) is 5.82 Å². The molecule has 2 atom stereocenters. The molecule has 0 aromatic carbocycles. The van der Waals surface area contributed by atoms with Gasteiger partial charge in [0.15, 0.2) is 5.65 Å². The van der Waals surface area contributed by atoms with Crippen LogP contribution in [-0.2, 0) is 9.47 Å². The van der Waals surface area contributed by atoms with Crippen LogP contribution in [0.15, 0.2) is 12.3 Å². The topological polar surface area (TPSA) is 51.9 Å². The lowest BCUT2D eigenvalue weighted by Gasteiger charge is -2.27. The summed E-state index contributed by atoms with van der Waals surface area (Å²) in [5, 5.41) is 4.48. The predicted octanol–water partition coefficient (Wildman–Crippen LogP) is 1.45. The van der Waals surface area contributed by atoms with Crippen LogP contribution in [0, 0.1) is 25.2 Å². The molecule has 2 aromatic heterocycles. The largest absolute Gasteiger partial charge is 0.384 e. The van der Waals surface area contributed by atoms with E-state index in [1.807, 2.05) is 16.8 Å². The fourth-order valence-corrected chi connectivity index (χ4v) is 3.98. The van der Waals surface area contributed by atoms with Crippen molar-refractivity contribution in [2.45, 2.75) is 13.8 Å². The van der Waals surface area contributed by atoms with Crippen molar-refractivity contribution in [2.24, 2.45) is 11.3 Å². The van der Waals surface area contributed by atoms with Crippen LogP contribution in [0.5, 0.6) is 0 Å². The van der Waals surface area contributed by atoms with Crippen LogP contribution in [-0.4, -0.2) is 54.6 Å². The van der Waals surface area contributed by atoms with Crippen molar-refractivity contribution in [2.75, 3.05) is 44.9 Å². The zero-order chi connectivity index (χ0) is 15.3. The Bertz CT molecular complexity index is 713. The summed E-state index contributed by atoms with van der Waals surface area (Å²) in [5.74, 6) is 1.68. The summed E-state index contributed by atoms with van der Waals surface area (Å²) >= 11 is 0. The van der Waals surface area contributed by atoms with Gasteiger partial charge >= 0.3 is 0 Å². The van der Waals surface area contributed by atoms with Crippen molar-refractivity contribution < 1.29 is 9.47 Å². The summed E-state index contributed by atoms with van der Waals surface area (Å²) in [4.78, 5) is 7.06. The Kier molecular flexibility index (Phi) is 3.13. The number of fused-ring (bicyclic) bond motifs is 2.